The molecule has 2 aromatic rings. The summed E-state index contributed by atoms with van der Waals surface area (Å²) in [6.07, 6.45) is 1.95. The molecule has 0 radical (unpaired) electrons. The zero-order valence-electron chi connectivity index (χ0n) is 17.7. The predicted octanol–water partition coefficient (Wildman–Crippen LogP) is 3.11. The molecule has 2 aromatic carbocycles. The Hall–Kier alpha value is -3.35. The highest BCUT2D eigenvalue weighted by Gasteiger charge is 2.30. The van der Waals surface area contributed by atoms with Crippen molar-refractivity contribution in [3.63, 3.8) is 0 Å². The molecule has 31 heavy (non-hydrogen) atoms. The number of para-hydroxylation sites is 1. The Morgan fingerprint density at radius 1 is 0.968 bits per heavy atom. The molecule has 1 aliphatic rings. The number of rotatable bonds is 8. The Kier molecular flexibility index (Phi) is 8.04. The summed E-state index contributed by atoms with van der Waals surface area (Å²) in [5.74, 6) is -0.911. The number of nitrogens with zero attached hydrogens (tertiary/aromatic N) is 1. The van der Waals surface area contributed by atoms with Gasteiger partial charge < -0.3 is 19.7 Å². The van der Waals surface area contributed by atoms with Gasteiger partial charge in [0.1, 0.15) is 12.3 Å². The number of carbonyl (C=O) groups excluding carboxylic acids is 3. The van der Waals surface area contributed by atoms with Crippen molar-refractivity contribution in [1.82, 2.24) is 10.2 Å². The third-order valence-corrected chi connectivity index (χ3v) is 5.07. The van der Waals surface area contributed by atoms with Gasteiger partial charge in [-0.05, 0) is 38.3 Å². The lowest BCUT2D eigenvalue weighted by Crippen LogP contribution is -2.41. The molecule has 1 saturated heterocycles. The zero-order chi connectivity index (χ0) is 22.1. The largest absolute Gasteiger partial charge is 0.493 e. The fourth-order valence-corrected chi connectivity index (χ4v) is 3.53. The summed E-state index contributed by atoms with van der Waals surface area (Å²) in [5.41, 5.74) is 0.945. The molecule has 1 aliphatic heterocycles. The Bertz CT molecular complexity index is 894. The second kappa shape index (κ2) is 11.2. The second-order valence-electron chi connectivity index (χ2n) is 7.28. The average Bonchev–Trinajstić information content (AvgIpc) is 2.82. The van der Waals surface area contributed by atoms with E-state index >= 15 is 0 Å². The number of esters is 1. The first-order valence-electron chi connectivity index (χ1n) is 10.6. The number of benzene rings is 2. The van der Waals surface area contributed by atoms with E-state index in [4.69, 9.17) is 9.47 Å². The lowest BCUT2D eigenvalue weighted by Gasteiger charge is -2.30. The highest BCUT2D eigenvalue weighted by atomic mass is 16.5. The molecule has 0 aliphatic carbocycles. The van der Waals surface area contributed by atoms with E-state index in [0.29, 0.717) is 36.6 Å². The van der Waals surface area contributed by atoms with E-state index < -0.39 is 18.0 Å². The molecule has 0 saturated carbocycles. The van der Waals surface area contributed by atoms with Gasteiger partial charge in [0.25, 0.3) is 11.8 Å². The minimum absolute atomic E-state index is 0.229. The molecule has 7 nitrogen and oxygen atoms in total. The molecule has 3 rings (SSSR count). The van der Waals surface area contributed by atoms with Crippen molar-refractivity contribution in [3.05, 3.63) is 65.7 Å². The van der Waals surface area contributed by atoms with Crippen LogP contribution in [0.2, 0.25) is 0 Å². The summed E-state index contributed by atoms with van der Waals surface area (Å²) in [7, 11) is 0. The second-order valence-corrected chi connectivity index (χ2v) is 7.28. The molecule has 1 heterocycles. The van der Waals surface area contributed by atoms with Crippen LogP contribution in [0.25, 0.3) is 0 Å². The first kappa shape index (κ1) is 22.3. The van der Waals surface area contributed by atoms with Gasteiger partial charge in [-0.15, -0.1) is 0 Å². The normalized spacial score (nSPS) is 14.4. The molecule has 164 valence electrons. The standard InChI is InChI=1S/C24H28N2O5/c1-2-30-20-14-8-7-13-19(20)23(28)25-17-21(27)31-22(18-11-5-3-6-12-18)24(29)26-15-9-4-10-16-26/h3,5-8,11-14,22H,2,4,9-10,15-17H2,1H3,(H,25,28)/t22-/m1/s1. The highest BCUT2D eigenvalue weighted by Crippen LogP contribution is 2.23. The first-order chi connectivity index (χ1) is 15.1. The number of ether oxygens (including phenoxy) is 2. The number of hydrogen-bond donors (Lipinski definition) is 1. The summed E-state index contributed by atoms with van der Waals surface area (Å²) in [5, 5.41) is 2.55. The average molecular weight is 424 g/mol. The van der Waals surface area contributed by atoms with Crippen LogP contribution in [-0.4, -0.2) is 48.9 Å². The van der Waals surface area contributed by atoms with Crippen molar-refractivity contribution in [2.75, 3.05) is 26.2 Å². The van der Waals surface area contributed by atoms with E-state index in [-0.39, 0.29) is 12.5 Å². The number of hydrogen-bond acceptors (Lipinski definition) is 5. The quantitative estimate of drug-likeness (QED) is 0.658. The van der Waals surface area contributed by atoms with Gasteiger partial charge in [0.2, 0.25) is 6.10 Å². The van der Waals surface area contributed by atoms with Crippen LogP contribution in [0.3, 0.4) is 0 Å². The Balaban J connectivity index is 1.65. The summed E-state index contributed by atoms with van der Waals surface area (Å²) < 4.78 is 11.0. The van der Waals surface area contributed by atoms with Crippen LogP contribution < -0.4 is 10.1 Å². The van der Waals surface area contributed by atoms with Gasteiger partial charge in [0, 0.05) is 18.7 Å². The van der Waals surface area contributed by atoms with Crippen LogP contribution in [0.5, 0.6) is 5.75 Å². The number of likely N-dealkylation sites (tertiary alicyclic amines) is 1. The third-order valence-electron chi connectivity index (χ3n) is 5.07. The van der Waals surface area contributed by atoms with Crippen LogP contribution in [0.4, 0.5) is 0 Å². The van der Waals surface area contributed by atoms with Gasteiger partial charge >= 0.3 is 5.97 Å². The molecule has 1 fully saturated rings. The van der Waals surface area contributed by atoms with Crippen LogP contribution >= 0.6 is 0 Å². The smallest absolute Gasteiger partial charge is 0.326 e. The Morgan fingerprint density at radius 2 is 1.65 bits per heavy atom. The summed E-state index contributed by atoms with van der Waals surface area (Å²) in [6, 6.07) is 15.8. The molecule has 0 unspecified atom stereocenters. The maximum atomic E-state index is 13.1. The van der Waals surface area contributed by atoms with E-state index in [1.165, 1.54) is 0 Å². The summed E-state index contributed by atoms with van der Waals surface area (Å²) in [6.45, 7) is 3.21. The third kappa shape index (κ3) is 6.07. The predicted molar refractivity (Wildman–Crippen MR) is 116 cm³/mol. The van der Waals surface area contributed by atoms with Crippen molar-refractivity contribution in [1.29, 1.82) is 0 Å². The molecular formula is C24H28N2O5. The highest BCUT2D eigenvalue weighted by molar-refractivity contribution is 5.98. The van der Waals surface area contributed by atoms with Gasteiger partial charge in [-0.1, -0.05) is 42.5 Å². The summed E-state index contributed by atoms with van der Waals surface area (Å²) >= 11 is 0. The van der Waals surface area contributed by atoms with Crippen molar-refractivity contribution in [2.24, 2.45) is 0 Å². The van der Waals surface area contributed by atoms with E-state index in [1.54, 1.807) is 53.4 Å². The van der Waals surface area contributed by atoms with Crippen LogP contribution in [-0.2, 0) is 14.3 Å². The van der Waals surface area contributed by atoms with E-state index in [2.05, 4.69) is 5.32 Å². The maximum absolute atomic E-state index is 13.1. The minimum atomic E-state index is -1.03. The Labute approximate surface area is 182 Å². The van der Waals surface area contributed by atoms with Crippen LogP contribution in [0.1, 0.15) is 48.2 Å². The monoisotopic (exact) mass is 424 g/mol. The van der Waals surface area contributed by atoms with Gasteiger partial charge in [-0.3, -0.25) is 14.4 Å². The molecule has 0 bridgehead atoms. The van der Waals surface area contributed by atoms with Crippen molar-refractivity contribution >= 4 is 17.8 Å². The SMILES string of the molecule is CCOc1ccccc1C(=O)NCC(=O)O[C@@H](C(=O)N1CCCCC1)c1ccccc1. The molecule has 0 aromatic heterocycles. The van der Waals surface area contributed by atoms with Gasteiger partial charge in [0.15, 0.2) is 0 Å². The number of carbonyl (C=O) groups is 3. The van der Waals surface area contributed by atoms with Gasteiger partial charge in [-0.25, -0.2) is 0 Å². The molecule has 7 heteroatoms. The maximum Gasteiger partial charge on any atom is 0.326 e. The van der Waals surface area contributed by atoms with Crippen molar-refractivity contribution < 1.29 is 23.9 Å². The lowest BCUT2D eigenvalue weighted by atomic mass is 10.1. The molecule has 0 spiro atoms. The topological polar surface area (TPSA) is 84.9 Å². The van der Waals surface area contributed by atoms with Crippen LogP contribution in [0.15, 0.2) is 54.6 Å². The fourth-order valence-electron chi connectivity index (χ4n) is 3.53. The lowest BCUT2D eigenvalue weighted by molar-refractivity contribution is -0.160. The molecular weight excluding hydrogens is 396 g/mol. The fraction of sp³-hybridized carbons (Fsp3) is 0.375. The van der Waals surface area contributed by atoms with E-state index in [0.717, 1.165) is 19.3 Å². The summed E-state index contributed by atoms with van der Waals surface area (Å²) in [4.78, 5) is 39.8. The zero-order valence-corrected chi connectivity index (χ0v) is 17.7. The van der Waals surface area contributed by atoms with Crippen molar-refractivity contribution in [3.8, 4) is 5.75 Å². The van der Waals surface area contributed by atoms with Gasteiger partial charge in [-0.2, -0.15) is 0 Å². The van der Waals surface area contributed by atoms with Crippen LogP contribution in [0, 0.1) is 0 Å². The number of piperidine rings is 1. The molecule has 1 N–H and O–H groups in total. The number of amides is 2. The van der Waals surface area contributed by atoms with Gasteiger partial charge in [0.05, 0.1) is 12.2 Å². The van der Waals surface area contributed by atoms with E-state index in [9.17, 15) is 14.4 Å². The van der Waals surface area contributed by atoms with Crippen molar-refractivity contribution in [2.45, 2.75) is 32.3 Å². The Morgan fingerprint density at radius 3 is 2.35 bits per heavy atom. The minimum Gasteiger partial charge on any atom is -0.493 e. The van der Waals surface area contributed by atoms with E-state index in [1.807, 2.05) is 13.0 Å². The molecule has 1 atom stereocenters. The number of nitrogens with one attached hydrogen (secondary N) is 1. The molecule has 2 amide bonds. The first-order valence-corrected chi connectivity index (χ1v) is 10.6.